The number of carbonyl (C=O) groups excluding carboxylic acids is 1. The van der Waals surface area contributed by atoms with E-state index < -0.39 is 0 Å². The lowest BCUT2D eigenvalue weighted by Crippen LogP contribution is -2.09. The monoisotopic (exact) mass is 236 g/mol. The molecule has 0 spiro atoms. The number of hydrogen-bond acceptors (Lipinski definition) is 4. The molecule has 0 unspecified atom stereocenters. The molecule has 1 aliphatic heterocycles. The summed E-state index contributed by atoms with van der Waals surface area (Å²) in [6, 6.07) is 5.84. The molecule has 3 nitrogen and oxygen atoms in total. The van der Waals surface area contributed by atoms with Crippen LogP contribution in [0.5, 0.6) is 5.75 Å². The van der Waals surface area contributed by atoms with E-state index in [9.17, 15) is 4.79 Å². The molecule has 0 amide bonds. The second kappa shape index (κ2) is 4.61. The molecule has 16 heavy (non-hydrogen) atoms. The van der Waals surface area contributed by atoms with Crippen LogP contribution in [0.1, 0.15) is 5.56 Å². The quantitative estimate of drug-likeness (QED) is 0.738. The Kier molecular flexibility index (Phi) is 3.19. The maximum atomic E-state index is 11.4. The second-order valence-corrected chi connectivity index (χ2v) is 4.37. The molecule has 0 N–H and O–H groups in total. The molecule has 0 atom stereocenters. The van der Waals surface area contributed by atoms with Crippen molar-refractivity contribution in [2.75, 3.05) is 20.0 Å². The van der Waals surface area contributed by atoms with Gasteiger partial charge < -0.3 is 9.47 Å². The molecule has 0 radical (unpaired) electrons. The van der Waals surface area contributed by atoms with Gasteiger partial charge in [0.15, 0.2) is 0 Å². The first kappa shape index (κ1) is 11.1. The van der Waals surface area contributed by atoms with E-state index in [0.29, 0.717) is 11.3 Å². The van der Waals surface area contributed by atoms with Crippen molar-refractivity contribution >= 4 is 23.8 Å². The van der Waals surface area contributed by atoms with Gasteiger partial charge in [-0.3, -0.25) is 0 Å². The summed E-state index contributed by atoms with van der Waals surface area (Å²) in [5.41, 5.74) is 1.70. The fourth-order valence-electron chi connectivity index (χ4n) is 1.53. The first-order valence-electron chi connectivity index (χ1n) is 4.84. The van der Waals surface area contributed by atoms with Crippen molar-refractivity contribution in [2.24, 2.45) is 0 Å². The zero-order chi connectivity index (χ0) is 11.5. The number of methoxy groups -OCH3 is 2. The summed E-state index contributed by atoms with van der Waals surface area (Å²) >= 11 is 1.64. The number of hydrogen-bond donors (Lipinski definition) is 0. The van der Waals surface area contributed by atoms with Crippen molar-refractivity contribution in [1.82, 2.24) is 0 Å². The molecule has 0 aromatic heterocycles. The molecule has 0 saturated heterocycles. The molecule has 0 bridgehead atoms. The summed E-state index contributed by atoms with van der Waals surface area (Å²) in [5, 5.41) is 0. The highest BCUT2D eigenvalue weighted by Gasteiger charge is 2.17. The molecule has 1 aromatic carbocycles. The van der Waals surface area contributed by atoms with Crippen LogP contribution in [0, 0.1) is 0 Å². The van der Waals surface area contributed by atoms with Crippen LogP contribution in [-0.2, 0) is 9.53 Å². The van der Waals surface area contributed by atoms with Crippen LogP contribution in [0.25, 0.3) is 6.08 Å². The van der Waals surface area contributed by atoms with Crippen LogP contribution in [0.15, 0.2) is 28.7 Å². The van der Waals surface area contributed by atoms with E-state index in [4.69, 9.17) is 9.47 Å². The molecule has 1 heterocycles. The highest BCUT2D eigenvalue weighted by Crippen LogP contribution is 2.34. The molecule has 2 rings (SSSR count). The average molecular weight is 236 g/mol. The Morgan fingerprint density at radius 3 is 2.88 bits per heavy atom. The van der Waals surface area contributed by atoms with Gasteiger partial charge in [0.05, 0.1) is 14.2 Å². The van der Waals surface area contributed by atoms with Gasteiger partial charge >= 0.3 is 5.97 Å². The van der Waals surface area contributed by atoms with E-state index in [1.54, 1.807) is 18.9 Å². The van der Waals surface area contributed by atoms with Crippen LogP contribution in [-0.4, -0.2) is 25.9 Å². The predicted octanol–water partition coefficient (Wildman–Crippen LogP) is 2.36. The van der Waals surface area contributed by atoms with Crippen molar-refractivity contribution in [3.8, 4) is 5.75 Å². The van der Waals surface area contributed by atoms with E-state index >= 15 is 0 Å². The molecular weight excluding hydrogens is 224 g/mol. The highest BCUT2D eigenvalue weighted by atomic mass is 32.2. The molecular formula is C12H12O3S. The standard InChI is InChI=1S/C12H12O3S/c1-14-10-3-4-11-8(6-10)5-9(7-16-11)12(13)15-2/h3-6H,7H2,1-2H3. The Labute approximate surface area is 98.4 Å². The van der Waals surface area contributed by atoms with Gasteiger partial charge in [0.25, 0.3) is 0 Å². The largest absolute Gasteiger partial charge is 0.497 e. The Bertz CT molecular complexity index is 452. The summed E-state index contributed by atoms with van der Waals surface area (Å²) in [6.45, 7) is 0. The zero-order valence-electron chi connectivity index (χ0n) is 9.15. The number of ether oxygens (including phenoxy) is 2. The third-order valence-corrected chi connectivity index (χ3v) is 3.52. The summed E-state index contributed by atoms with van der Waals surface area (Å²) in [6.07, 6.45) is 1.86. The van der Waals surface area contributed by atoms with Crippen molar-refractivity contribution in [3.63, 3.8) is 0 Å². The lowest BCUT2D eigenvalue weighted by Gasteiger charge is -2.15. The summed E-state index contributed by atoms with van der Waals surface area (Å²) in [5.74, 6) is 1.19. The summed E-state index contributed by atoms with van der Waals surface area (Å²) in [7, 11) is 3.03. The summed E-state index contributed by atoms with van der Waals surface area (Å²) in [4.78, 5) is 12.6. The van der Waals surface area contributed by atoms with Crippen molar-refractivity contribution in [2.45, 2.75) is 4.90 Å². The van der Waals surface area contributed by atoms with Crippen LogP contribution < -0.4 is 4.74 Å². The molecule has 4 heteroatoms. The van der Waals surface area contributed by atoms with Crippen LogP contribution >= 0.6 is 11.8 Å². The Hall–Kier alpha value is -1.42. The van der Waals surface area contributed by atoms with Crippen molar-refractivity contribution < 1.29 is 14.3 Å². The normalized spacial score (nSPS) is 13.8. The number of rotatable bonds is 2. The van der Waals surface area contributed by atoms with Crippen LogP contribution in [0.3, 0.4) is 0 Å². The lowest BCUT2D eigenvalue weighted by molar-refractivity contribution is -0.135. The highest BCUT2D eigenvalue weighted by molar-refractivity contribution is 7.99. The third kappa shape index (κ3) is 2.07. The van der Waals surface area contributed by atoms with Gasteiger partial charge in [-0.2, -0.15) is 0 Å². The van der Waals surface area contributed by atoms with Gasteiger partial charge in [0.2, 0.25) is 0 Å². The molecule has 0 saturated carbocycles. The van der Waals surface area contributed by atoms with Gasteiger partial charge in [-0.25, -0.2) is 4.79 Å². The van der Waals surface area contributed by atoms with E-state index in [1.807, 2.05) is 24.3 Å². The lowest BCUT2D eigenvalue weighted by atomic mass is 10.1. The number of fused-ring (bicyclic) bond motifs is 1. The first-order valence-corrected chi connectivity index (χ1v) is 5.83. The second-order valence-electron chi connectivity index (χ2n) is 3.35. The molecule has 1 aromatic rings. The van der Waals surface area contributed by atoms with Gasteiger partial charge in [0, 0.05) is 16.2 Å². The number of carbonyl (C=O) groups is 1. The maximum absolute atomic E-state index is 11.4. The smallest absolute Gasteiger partial charge is 0.334 e. The van der Waals surface area contributed by atoms with Gasteiger partial charge in [-0.15, -0.1) is 11.8 Å². The van der Waals surface area contributed by atoms with E-state index in [0.717, 1.165) is 16.2 Å². The van der Waals surface area contributed by atoms with Crippen molar-refractivity contribution in [3.05, 3.63) is 29.3 Å². The average Bonchev–Trinajstić information content (AvgIpc) is 2.36. The molecule has 0 aliphatic carbocycles. The van der Waals surface area contributed by atoms with E-state index in [1.165, 1.54) is 7.11 Å². The SMILES string of the molecule is COC(=O)C1=Cc2cc(OC)ccc2SC1. The Morgan fingerprint density at radius 2 is 2.19 bits per heavy atom. The predicted molar refractivity (Wildman–Crippen MR) is 63.7 cm³/mol. The van der Waals surface area contributed by atoms with Crippen LogP contribution in [0.2, 0.25) is 0 Å². The van der Waals surface area contributed by atoms with Gasteiger partial charge in [-0.05, 0) is 29.8 Å². The molecule has 1 aliphatic rings. The summed E-state index contributed by atoms with van der Waals surface area (Å²) < 4.78 is 9.86. The molecule has 84 valence electrons. The fraction of sp³-hybridized carbons (Fsp3) is 0.250. The minimum absolute atomic E-state index is 0.263. The third-order valence-electron chi connectivity index (χ3n) is 2.38. The van der Waals surface area contributed by atoms with Gasteiger partial charge in [-0.1, -0.05) is 0 Å². The maximum Gasteiger partial charge on any atom is 0.334 e. The zero-order valence-corrected chi connectivity index (χ0v) is 9.97. The van der Waals surface area contributed by atoms with E-state index in [-0.39, 0.29) is 5.97 Å². The van der Waals surface area contributed by atoms with Gasteiger partial charge in [0.1, 0.15) is 5.75 Å². The first-order chi connectivity index (χ1) is 7.74. The minimum Gasteiger partial charge on any atom is -0.497 e. The Balaban J connectivity index is 2.37. The number of esters is 1. The fourth-order valence-corrected chi connectivity index (χ4v) is 2.49. The van der Waals surface area contributed by atoms with Crippen LogP contribution in [0.4, 0.5) is 0 Å². The number of thioether (sulfide) groups is 1. The van der Waals surface area contributed by atoms with E-state index in [2.05, 4.69) is 0 Å². The Morgan fingerprint density at radius 1 is 1.38 bits per heavy atom. The topological polar surface area (TPSA) is 35.5 Å². The molecule has 0 fully saturated rings. The minimum atomic E-state index is -0.263. The van der Waals surface area contributed by atoms with Crippen molar-refractivity contribution in [1.29, 1.82) is 0 Å². The number of benzene rings is 1.